The van der Waals surface area contributed by atoms with Crippen LogP contribution in [0.25, 0.3) is 0 Å². The largest absolute Gasteiger partial charge is 0.476 e. The molecule has 0 radical (unpaired) electrons. The molecule has 1 aliphatic heterocycles. The van der Waals surface area contributed by atoms with Crippen LogP contribution in [0.5, 0.6) is 0 Å². The van der Waals surface area contributed by atoms with Gasteiger partial charge in [0, 0.05) is 26.1 Å². The van der Waals surface area contributed by atoms with Gasteiger partial charge in [0.25, 0.3) is 5.91 Å². The Morgan fingerprint density at radius 3 is 2.88 bits per heavy atom. The van der Waals surface area contributed by atoms with Gasteiger partial charge in [-0.05, 0) is 25.7 Å². The number of aromatic nitrogens is 4. The van der Waals surface area contributed by atoms with Crippen molar-refractivity contribution in [2.45, 2.75) is 39.7 Å². The molecule has 0 aliphatic carbocycles. The number of likely N-dealkylation sites (tertiary alicyclic amines) is 1. The van der Waals surface area contributed by atoms with Crippen molar-refractivity contribution in [2.75, 3.05) is 13.1 Å². The topological polar surface area (TPSA) is 114 Å². The van der Waals surface area contributed by atoms with Gasteiger partial charge in [-0.25, -0.2) is 9.78 Å². The van der Waals surface area contributed by atoms with Crippen LogP contribution < -0.4 is 0 Å². The second-order valence-corrected chi connectivity index (χ2v) is 6.27. The smallest absolute Gasteiger partial charge is 0.358 e. The fraction of sp³-hybridized carbons (Fsp3) is 0.562. The van der Waals surface area contributed by atoms with E-state index >= 15 is 0 Å². The van der Waals surface area contributed by atoms with Crippen molar-refractivity contribution in [2.24, 2.45) is 5.92 Å². The molecule has 3 heterocycles. The second kappa shape index (κ2) is 7.04. The molecule has 0 unspecified atom stereocenters. The first kappa shape index (κ1) is 17.1. The molecule has 1 saturated heterocycles. The lowest BCUT2D eigenvalue weighted by atomic mass is 9.98. The monoisotopic (exact) mass is 347 g/mol. The fourth-order valence-electron chi connectivity index (χ4n) is 3.09. The van der Waals surface area contributed by atoms with Crippen LogP contribution in [-0.2, 0) is 13.0 Å². The van der Waals surface area contributed by atoms with Gasteiger partial charge in [0.1, 0.15) is 0 Å². The highest BCUT2D eigenvalue weighted by atomic mass is 16.4. The number of hydrogen-bond donors (Lipinski definition) is 1. The Morgan fingerprint density at radius 1 is 1.44 bits per heavy atom. The van der Waals surface area contributed by atoms with Crippen molar-refractivity contribution >= 4 is 11.9 Å². The molecule has 2 aromatic rings. The lowest BCUT2D eigenvalue weighted by Crippen LogP contribution is -2.41. The van der Waals surface area contributed by atoms with E-state index in [1.54, 1.807) is 11.8 Å². The number of piperidine rings is 1. The molecule has 1 aliphatic rings. The zero-order valence-electron chi connectivity index (χ0n) is 14.3. The van der Waals surface area contributed by atoms with Gasteiger partial charge in [0.2, 0.25) is 5.76 Å². The third-order valence-corrected chi connectivity index (χ3v) is 4.35. The average Bonchev–Trinajstić information content (AvgIpc) is 3.21. The fourth-order valence-corrected chi connectivity index (χ4v) is 3.09. The SMILES string of the molecule is CCc1nc(C)c(C(=O)N2CCC[C@@H](Cn3cc(C(=O)O)nn3)C2)o1. The molecular weight excluding hydrogens is 326 g/mol. The van der Waals surface area contributed by atoms with Crippen LogP contribution in [-0.4, -0.2) is 55.0 Å². The van der Waals surface area contributed by atoms with Crippen LogP contribution in [0, 0.1) is 12.8 Å². The molecule has 9 heteroatoms. The number of rotatable bonds is 5. The number of carboxylic acid groups (broad SMARTS) is 1. The Labute approximate surface area is 144 Å². The number of carbonyl (C=O) groups excluding carboxylic acids is 1. The third kappa shape index (κ3) is 3.70. The van der Waals surface area contributed by atoms with E-state index in [9.17, 15) is 9.59 Å². The van der Waals surface area contributed by atoms with Crippen LogP contribution >= 0.6 is 0 Å². The molecule has 2 aromatic heterocycles. The van der Waals surface area contributed by atoms with Crippen LogP contribution in [0.15, 0.2) is 10.6 Å². The van der Waals surface area contributed by atoms with Crippen molar-refractivity contribution in [3.05, 3.63) is 29.2 Å². The number of oxazole rings is 1. The van der Waals surface area contributed by atoms with E-state index in [1.165, 1.54) is 10.9 Å². The Balaban J connectivity index is 1.66. The Kier molecular flexibility index (Phi) is 4.82. The Bertz CT molecular complexity index is 781. The van der Waals surface area contributed by atoms with Gasteiger partial charge >= 0.3 is 5.97 Å². The number of amides is 1. The number of carbonyl (C=O) groups is 2. The number of aryl methyl sites for hydroxylation is 2. The summed E-state index contributed by atoms with van der Waals surface area (Å²) < 4.78 is 7.09. The van der Waals surface area contributed by atoms with Gasteiger partial charge in [0.05, 0.1) is 11.9 Å². The summed E-state index contributed by atoms with van der Waals surface area (Å²) in [4.78, 5) is 29.6. The molecule has 0 aromatic carbocycles. The lowest BCUT2D eigenvalue weighted by Gasteiger charge is -2.32. The first-order valence-corrected chi connectivity index (χ1v) is 8.37. The molecule has 1 amide bonds. The zero-order valence-corrected chi connectivity index (χ0v) is 14.3. The van der Waals surface area contributed by atoms with Crippen molar-refractivity contribution in [1.82, 2.24) is 24.9 Å². The summed E-state index contributed by atoms with van der Waals surface area (Å²) in [6, 6.07) is 0. The normalized spacial score (nSPS) is 17.7. The lowest BCUT2D eigenvalue weighted by molar-refractivity contribution is 0.0624. The summed E-state index contributed by atoms with van der Waals surface area (Å²) in [5, 5.41) is 16.4. The van der Waals surface area contributed by atoms with Crippen molar-refractivity contribution in [3.63, 3.8) is 0 Å². The Hall–Kier alpha value is -2.71. The summed E-state index contributed by atoms with van der Waals surface area (Å²) in [6.45, 7) is 5.48. The van der Waals surface area contributed by atoms with Crippen molar-refractivity contribution in [3.8, 4) is 0 Å². The van der Waals surface area contributed by atoms with Gasteiger partial charge in [-0.2, -0.15) is 0 Å². The van der Waals surface area contributed by atoms with Crippen molar-refractivity contribution in [1.29, 1.82) is 0 Å². The molecule has 25 heavy (non-hydrogen) atoms. The van der Waals surface area contributed by atoms with Gasteiger partial charge in [-0.1, -0.05) is 12.1 Å². The van der Waals surface area contributed by atoms with E-state index in [0.29, 0.717) is 43.4 Å². The minimum absolute atomic E-state index is 0.0758. The molecule has 0 saturated carbocycles. The predicted octanol–water partition coefficient (Wildman–Crippen LogP) is 1.39. The minimum Gasteiger partial charge on any atom is -0.476 e. The molecule has 3 rings (SSSR count). The molecule has 1 fully saturated rings. The number of aromatic carboxylic acids is 1. The predicted molar refractivity (Wildman–Crippen MR) is 86.2 cm³/mol. The van der Waals surface area contributed by atoms with Gasteiger partial charge in [0.15, 0.2) is 11.6 Å². The quantitative estimate of drug-likeness (QED) is 0.869. The molecular formula is C16H21N5O4. The minimum atomic E-state index is -1.10. The van der Waals surface area contributed by atoms with Crippen LogP contribution in [0.2, 0.25) is 0 Å². The third-order valence-electron chi connectivity index (χ3n) is 4.35. The maximum absolute atomic E-state index is 12.7. The summed E-state index contributed by atoms with van der Waals surface area (Å²) in [5.41, 5.74) is 0.541. The van der Waals surface area contributed by atoms with Gasteiger partial charge in [-0.3, -0.25) is 9.48 Å². The van der Waals surface area contributed by atoms with Crippen LogP contribution in [0.3, 0.4) is 0 Å². The van der Waals surface area contributed by atoms with E-state index in [-0.39, 0.29) is 17.5 Å². The molecule has 134 valence electrons. The molecule has 9 nitrogen and oxygen atoms in total. The Morgan fingerprint density at radius 2 is 2.24 bits per heavy atom. The van der Waals surface area contributed by atoms with Gasteiger partial charge in [-0.15, -0.1) is 5.10 Å². The number of hydrogen-bond acceptors (Lipinski definition) is 6. The average molecular weight is 347 g/mol. The summed E-state index contributed by atoms with van der Waals surface area (Å²) in [5.74, 6) is -0.169. The van der Waals surface area contributed by atoms with Gasteiger partial charge < -0.3 is 14.4 Å². The first-order valence-electron chi connectivity index (χ1n) is 8.37. The zero-order chi connectivity index (χ0) is 18.0. The van der Waals surface area contributed by atoms with E-state index in [2.05, 4.69) is 15.3 Å². The molecule has 1 N–H and O–H groups in total. The summed E-state index contributed by atoms with van der Waals surface area (Å²) >= 11 is 0. The van der Waals surface area contributed by atoms with E-state index in [4.69, 9.17) is 9.52 Å². The van der Waals surface area contributed by atoms with E-state index < -0.39 is 5.97 Å². The maximum Gasteiger partial charge on any atom is 0.358 e. The number of nitrogens with zero attached hydrogens (tertiary/aromatic N) is 5. The molecule has 1 atom stereocenters. The van der Waals surface area contributed by atoms with Crippen LogP contribution in [0.4, 0.5) is 0 Å². The highest BCUT2D eigenvalue weighted by Gasteiger charge is 2.28. The van der Waals surface area contributed by atoms with E-state index in [1.807, 2.05) is 6.92 Å². The standard InChI is InChI=1S/C16H21N5O4/c1-3-13-17-10(2)14(25-13)15(22)20-6-4-5-11(7-20)8-21-9-12(16(23)24)18-19-21/h9,11H,3-8H2,1-2H3,(H,23,24)/t11-/m1/s1. The maximum atomic E-state index is 12.7. The van der Waals surface area contributed by atoms with Crippen molar-refractivity contribution < 1.29 is 19.1 Å². The molecule has 0 spiro atoms. The summed E-state index contributed by atoms with van der Waals surface area (Å²) in [7, 11) is 0. The molecule has 0 bridgehead atoms. The highest BCUT2D eigenvalue weighted by molar-refractivity contribution is 5.92. The first-order chi connectivity index (χ1) is 12.0. The summed E-state index contributed by atoms with van der Waals surface area (Å²) in [6.07, 6.45) is 3.89. The second-order valence-electron chi connectivity index (χ2n) is 6.27. The van der Waals surface area contributed by atoms with E-state index in [0.717, 1.165) is 12.8 Å². The van der Waals surface area contributed by atoms with Crippen LogP contribution in [0.1, 0.15) is 52.4 Å². The number of carboxylic acids is 1. The highest BCUT2D eigenvalue weighted by Crippen LogP contribution is 2.22.